The molecule has 0 aliphatic carbocycles. The number of amides is 2. The van der Waals surface area contributed by atoms with Crippen molar-refractivity contribution in [3.8, 4) is 0 Å². The van der Waals surface area contributed by atoms with Crippen molar-refractivity contribution < 1.29 is 9.18 Å². The number of fused-ring (bicyclic) bond motifs is 1. The summed E-state index contributed by atoms with van der Waals surface area (Å²) in [5.41, 5.74) is 1.56. The van der Waals surface area contributed by atoms with E-state index in [4.69, 9.17) is 0 Å². The van der Waals surface area contributed by atoms with Gasteiger partial charge in [-0.05, 0) is 24.7 Å². The number of anilines is 1. The van der Waals surface area contributed by atoms with E-state index in [1.54, 1.807) is 6.07 Å². The van der Waals surface area contributed by atoms with Crippen molar-refractivity contribution in [3.63, 3.8) is 0 Å². The van der Waals surface area contributed by atoms with E-state index in [2.05, 4.69) is 10.6 Å². The van der Waals surface area contributed by atoms with Crippen molar-refractivity contribution in [1.82, 2.24) is 15.5 Å². The maximum atomic E-state index is 14.2. The average Bonchev–Trinajstić information content (AvgIpc) is 2.80. The van der Waals surface area contributed by atoms with Crippen LogP contribution in [-0.2, 0) is 6.54 Å². The molecule has 0 saturated carbocycles. The molecule has 1 atom stereocenters. The second kappa shape index (κ2) is 5.28. The van der Waals surface area contributed by atoms with E-state index < -0.39 is 0 Å². The molecule has 1 aromatic rings. The van der Waals surface area contributed by atoms with Gasteiger partial charge in [-0.1, -0.05) is 6.07 Å². The Labute approximate surface area is 117 Å². The molecular formula is C14H19FN4O. The summed E-state index contributed by atoms with van der Waals surface area (Å²) in [5, 5.41) is 5.84. The van der Waals surface area contributed by atoms with Crippen molar-refractivity contribution in [1.29, 1.82) is 0 Å². The van der Waals surface area contributed by atoms with Gasteiger partial charge in [0.15, 0.2) is 0 Å². The standard InChI is InChI=1S/C14H19FN4O/c1-16-7-10-2-3-13(12(15)6-10)18-4-5-19-11(9-18)8-17-14(19)20/h2-3,6,11,16H,4-5,7-9H2,1H3,(H,17,20). The van der Waals surface area contributed by atoms with Gasteiger partial charge in [-0.15, -0.1) is 0 Å². The Balaban J connectivity index is 1.75. The van der Waals surface area contributed by atoms with Crippen molar-refractivity contribution in [2.75, 3.05) is 38.1 Å². The first-order valence-electron chi connectivity index (χ1n) is 6.91. The Bertz CT molecular complexity index is 522. The van der Waals surface area contributed by atoms with Crippen LogP contribution >= 0.6 is 0 Å². The number of nitrogens with zero attached hydrogens (tertiary/aromatic N) is 2. The smallest absolute Gasteiger partial charge is 0.317 e. The minimum absolute atomic E-state index is 0.000472. The number of halogens is 1. The lowest BCUT2D eigenvalue weighted by molar-refractivity contribution is 0.197. The molecular weight excluding hydrogens is 259 g/mol. The molecule has 2 aliphatic rings. The molecule has 2 saturated heterocycles. The summed E-state index contributed by atoms with van der Waals surface area (Å²) in [6.45, 7) is 3.31. The van der Waals surface area contributed by atoms with Crippen molar-refractivity contribution in [2.45, 2.75) is 12.6 Å². The van der Waals surface area contributed by atoms with Crippen LogP contribution in [0.1, 0.15) is 5.56 Å². The molecule has 0 bridgehead atoms. The number of piperazine rings is 1. The number of rotatable bonds is 3. The predicted octanol–water partition coefficient (Wildman–Crippen LogP) is 0.759. The highest BCUT2D eigenvalue weighted by molar-refractivity contribution is 5.77. The number of benzene rings is 1. The zero-order valence-electron chi connectivity index (χ0n) is 11.5. The van der Waals surface area contributed by atoms with Gasteiger partial charge in [0.25, 0.3) is 0 Å². The topological polar surface area (TPSA) is 47.6 Å². The molecule has 2 N–H and O–H groups in total. The third-order valence-corrected chi connectivity index (χ3v) is 3.97. The Hall–Kier alpha value is -1.82. The molecule has 2 fully saturated rings. The molecule has 2 heterocycles. The van der Waals surface area contributed by atoms with E-state index in [1.165, 1.54) is 0 Å². The monoisotopic (exact) mass is 278 g/mol. The molecule has 1 unspecified atom stereocenters. The quantitative estimate of drug-likeness (QED) is 0.858. The Morgan fingerprint density at radius 1 is 1.45 bits per heavy atom. The van der Waals surface area contributed by atoms with Crippen LogP contribution in [0.25, 0.3) is 0 Å². The van der Waals surface area contributed by atoms with Crippen LogP contribution in [-0.4, -0.2) is 50.2 Å². The van der Waals surface area contributed by atoms with Gasteiger partial charge in [-0.3, -0.25) is 0 Å². The van der Waals surface area contributed by atoms with E-state index in [9.17, 15) is 9.18 Å². The maximum Gasteiger partial charge on any atom is 0.317 e. The largest absolute Gasteiger partial charge is 0.365 e. The summed E-state index contributed by atoms with van der Waals surface area (Å²) in [6, 6.07) is 5.50. The van der Waals surface area contributed by atoms with Gasteiger partial charge in [0.05, 0.1) is 11.7 Å². The van der Waals surface area contributed by atoms with Crippen LogP contribution in [0.3, 0.4) is 0 Å². The highest BCUT2D eigenvalue weighted by Crippen LogP contribution is 2.24. The molecule has 6 heteroatoms. The van der Waals surface area contributed by atoms with Crippen LogP contribution in [0, 0.1) is 5.82 Å². The van der Waals surface area contributed by atoms with Gasteiger partial charge >= 0.3 is 6.03 Å². The average molecular weight is 278 g/mol. The van der Waals surface area contributed by atoms with E-state index in [-0.39, 0.29) is 17.9 Å². The van der Waals surface area contributed by atoms with Gasteiger partial charge in [0, 0.05) is 32.7 Å². The number of urea groups is 1. The highest BCUT2D eigenvalue weighted by atomic mass is 19.1. The Morgan fingerprint density at radius 3 is 3.05 bits per heavy atom. The highest BCUT2D eigenvalue weighted by Gasteiger charge is 2.35. The lowest BCUT2D eigenvalue weighted by Crippen LogP contribution is -2.52. The van der Waals surface area contributed by atoms with Crippen molar-refractivity contribution in [2.24, 2.45) is 0 Å². The molecule has 20 heavy (non-hydrogen) atoms. The minimum Gasteiger partial charge on any atom is -0.365 e. The number of carbonyl (C=O) groups excluding carboxylic acids is 1. The van der Waals surface area contributed by atoms with E-state index in [0.29, 0.717) is 38.4 Å². The molecule has 2 aliphatic heterocycles. The summed E-state index contributed by atoms with van der Waals surface area (Å²) in [6.07, 6.45) is 0. The third kappa shape index (κ3) is 2.31. The van der Waals surface area contributed by atoms with Crippen LogP contribution in [0.2, 0.25) is 0 Å². The Morgan fingerprint density at radius 2 is 2.30 bits per heavy atom. The van der Waals surface area contributed by atoms with Crippen molar-refractivity contribution >= 4 is 11.7 Å². The van der Waals surface area contributed by atoms with Crippen LogP contribution in [0.5, 0.6) is 0 Å². The third-order valence-electron chi connectivity index (χ3n) is 3.97. The molecule has 5 nitrogen and oxygen atoms in total. The molecule has 0 aromatic heterocycles. The Kier molecular flexibility index (Phi) is 3.48. The number of hydrogen-bond acceptors (Lipinski definition) is 3. The second-order valence-electron chi connectivity index (χ2n) is 5.30. The maximum absolute atomic E-state index is 14.2. The zero-order valence-corrected chi connectivity index (χ0v) is 11.5. The fourth-order valence-electron chi connectivity index (χ4n) is 2.94. The molecule has 1 aromatic carbocycles. The molecule has 0 radical (unpaired) electrons. The van der Waals surface area contributed by atoms with Crippen molar-refractivity contribution in [3.05, 3.63) is 29.6 Å². The second-order valence-corrected chi connectivity index (χ2v) is 5.30. The summed E-state index contributed by atoms with van der Waals surface area (Å²) >= 11 is 0. The fourth-order valence-corrected chi connectivity index (χ4v) is 2.94. The van der Waals surface area contributed by atoms with Gasteiger partial charge in [-0.25, -0.2) is 9.18 Å². The lowest BCUT2D eigenvalue weighted by atomic mass is 10.1. The molecule has 2 amide bonds. The summed E-state index contributed by atoms with van der Waals surface area (Å²) in [5.74, 6) is -0.191. The predicted molar refractivity (Wildman–Crippen MR) is 75.3 cm³/mol. The summed E-state index contributed by atoms with van der Waals surface area (Å²) < 4.78 is 14.2. The number of hydrogen-bond donors (Lipinski definition) is 2. The van der Waals surface area contributed by atoms with Crippen LogP contribution < -0.4 is 15.5 Å². The fraction of sp³-hybridized carbons (Fsp3) is 0.500. The number of nitrogens with one attached hydrogen (secondary N) is 2. The first kappa shape index (κ1) is 13.2. The van der Waals surface area contributed by atoms with E-state index in [1.807, 2.05) is 29.0 Å². The lowest BCUT2D eigenvalue weighted by Gasteiger charge is -2.37. The van der Waals surface area contributed by atoms with Gasteiger partial charge in [-0.2, -0.15) is 0 Å². The molecule has 108 valence electrons. The molecule has 3 rings (SSSR count). The van der Waals surface area contributed by atoms with E-state index in [0.717, 1.165) is 5.56 Å². The first-order valence-corrected chi connectivity index (χ1v) is 6.91. The van der Waals surface area contributed by atoms with Crippen LogP contribution in [0.4, 0.5) is 14.9 Å². The normalized spacial score (nSPS) is 21.9. The van der Waals surface area contributed by atoms with E-state index >= 15 is 0 Å². The van der Waals surface area contributed by atoms with Gasteiger partial charge in [0.2, 0.25) is 0 Å². The SMILES string of the molecule is CNCc1ccc(N2CCN3C(=O)NCC3C2)c(F)c1. The summed E-state index contributed by atoms with van der Waals surface area (Å²) in [7, 11) is 1.84. The number of carbonyl (C=O) groups is 1. The first-order chi connectivity index (χ1) is 9.69. The zero-order chi connectivity index (χ0) is 14.1. The van der Waals surface area contributed by atoms with Crippen LogP contribution in [0.15, 0.2) is 18.2 Å². The minimum atomic E-state index is -0.191. The van der Waals surface area contributed by atoms with Gasteiger partial charge < -0.3 is 20.4 Å². The van der Waals surface area contributed by atoms with Gasteiger partial charge in [0.1, 0.15) is 5.82 Å². The molecule has 0 spiro atoms. The summed E-state index contributed by atoms with van der Waals surface area (Å²) in [4.78, 5) is 15.4.